The minimum Gasteiger partial charge on any atom is -0.366 e. The number of hydrogen-bond donors (Lipinski definition) is 1. The first-order valence-corrected chi connectivity index (χ1v) is 3.54. The van der Waals surface area contributed by atoms with Crippen LogP contribution in [0.15, 0.2) is 12.3 Å². The van der Waals surface area contributed by atoms with Crippen LogP contribution in [-0.2, 0) is 0 Å². The molecule has 0 saturated heterocycles. The summed E-state index contributed by atoms with van der Waals surface area (Å²) in [5.74, 6) is -1.02. The number of nitrogens with zero attached hydrogens (tertiary/aromatic N) is 2. The molecule has 0 atom stereocenters. The number of primary amides is 1. The van der Waals surface area contributed by atoms with Gasteiger partial charge in [0.25, 0.3) is 12.3 Å². The van der Waals surface area contributed by atoms with Gasteiger partial charge in [0.2, 0.25) is 0 Å². The number of pyridine rings is 1. The second kappa shape index (κ2) is 3.79. The van der Waals surface area contributed by atoms with Gasteiger partial charge in [0.15, 0.2) is 0 Å². The van der Waals surface area contributed by atoms with Crippen molar-refractivity contribution in [2.75, 3.05) is 0 Å². The van der Waals surface area contributed by atoms with Crippen molar-refractivity contribution in [2.45, 2.75) is 6.43 Å². The van der Waals surface area contributed by atoms with Crippen molar-refractivity contribution >= 4 is 5.91 Å². The van der Waals surface area contributed by atoms with Gasteiger partial charge in [-0.1, -0.05) is 0 Å². The van der Waals surface area contributed by atoms with E-state index in [0.717, 1.165) is 12.3 Å². The molecule has 0 aliphatic heterocycles. The Labute approximate surface area is 78.0 Å². The molecule has 0 aliphatic carbocycles. The zero-order valence-corrected chi connectivity index (χ0v) is 6.87. The lowest BCUT2D eigenvalue weighted by Crippen LogP contribution is -2.15. The van der Waals surface area contributed by atoms with E-state index in [1.807, 2.05) is 0 Å². The Bertz CT molecular complexity index is 412. The Kier molecular flexibility index (Phi) is 2.72. The summed E-state index contributed by atoms with van der Waals surface area (Å²) in [5.41, 5.74) is 3.76. The Morgan fingerprint density at radius 1 is 1.64 bits per heavy atom. The number of carbonyl (C=O) groups is 1. The van der Waals surface area contributed by atoms with Crippen molar-refractivity contribution in [3.63, 3.8) is 0 Å². The van der Waals surface area contributed by atoms with Crippen molar-refractivity contribution in [2.24, 2.45) is 5.73 Å². The highest BCUT2D eigenvalue weighted by molar-refractivity contribution is 5.94. The third kappa shape index (κ3) is 1.82. The van der Waals surface area contributed by atoms with Gasteiger partial charge in [0.1, 0.15) is 11.8 Å². The van der Waals surface area contributed by atoms with Crippen LogP contribution in [0.3, 0.4) is 0 Å². The molecule has 4 nitrogen and oxygen atoms in total. The monoisotopic (exact) mass is 197 g/mol. The molecule has 0 aromatic carbocycles. The standard InChI is InChI=1S/C8H5F2N3O/c9-7(10)6-5(8(12)14)1-4(2-11)3-13-6/h1,3,7H,(H2,12,14). The van der Waals surface area contributed by atoms with Crippen molar-refractivity contribution < 1.29 is 13.6 Å². The molecular weight excluding hydrogens is 192 g/mol. The van der Waals surface area contributed by atoms with Crippen molar-refractivity contribution in [3.05, 3.63) is 29.1 Å². The molecule has 1 aromatic rings. The maximum atomic E-state index is 12.3. The fourth-order valence-electron chi connectivity index (χ4n) is 0.908. The lowest BCUT2D eigenvalue weighted by Gasteiger charge is -2.03. The third-order valence-electron chi connectivity index (χ3n) is 1.52. The maximum Gasteiger partial charge on any atom is 0.281 e. The van der Waals surface area contributed by atoms with E-state index in [4.69, 9.17) is 11.0 Å². The predicted molar refractivity (Wildman–Crippen MR) is 42.4 cm³/mol. The van der Waals surface area contributed by atoms with Gasteiger partial charge in [0.05, 0.1) is 11.1 Å². The molecule has 0 aliphatic rings. The van der Waals surface area contributed by atoms with Gasteiger partial charge in [0, 0.05) is 6.20 Å². The molecule has 1 aromatic heterocycles. The molecule has 0 bridgehead atoms. The lowest BCUT2D eigenvalue weighted by molar-refractivity contribution is 0.0983. The van der Waals surface area contributed by atoms with E-state index in [1.165, 1.54) is 0 Å². The van der Waals surface area contributed by atoms with Gasteiger partial charge in [-0.25, -0.2) is 8.78 Å². The summed E-state index contributed by atoms with van der Waals surface area (Å²) < 4.78 is 24.5. The van der Waals surface area contributed by atoms with E-state index in [2.05, 4.69) is 4.98 Å². The number of halogens is 2. The first-order valence-electron chi connectivity index (χ1n) is 3.54. The van der Waals surface area contributed by atoms with E-state index < -0.39 is 23.6 Å². The fourth-order valence-corrected chi connectivity index (χ4v) is 0.908. The summed E-state index contributed by atoms with van der Waals surface area (Å²) in [5, 5.41) is 8.44. The molecule has 14 heavy (non-hydrogen) atoms. The number of alkyl halides is 2. The van der Waals surface area contributed by atoms with Crippen LogP contribution in [0.2, 0.25) is 0 Å². The number of nitriles is 1. The quantitative estimate of drug-likeness (QED) is 0.767. The van der Waals surface area contributed by atoms with E-state index >= 15 is 0 Å². The first-order chi connectivity index (χ1) is 6.56. The zero-order chi connectivity index (χ0) is 10.7. The van der Waals surface area contributed by atoms with Crippen LogP contribution in [0.4, 0.5) is 8.78 Å². The van der Waals surface area contributed by atoms with Crippen LogP contribution in [0.25, 0.3) is 0 Å². The number of nitrogens with two attached hydrogens (primary N) is 1. The van der Waals surface area contributed by atoms with Gasteiger partial charge in [-0.3, -0.25) is 9.78 Å². The summed E-state index contributed by atoms with van der Waals surface area (Å²) in [7, 11) is 0. The highest BCUT2D eigenvalue weighted by atomic mass is 19.3. The van der Waals surface area contributed by atoms with E-state index in [0.29, 0.717) is 0 Å². The van der Waals surface area contributed by atoms with Crippen LogP contribution < -0.4 is 5.73 Å². The average molecular weight is 197 g/mol. The minimum absolute atomic E-state index is 0.0169. The zero-order valence-electron chi connectivity index (χ0n) is 6.87. The Morgan fingerprint density at radius 2 is 2.29 bits per heavy atom. The van der Waals surface area contributed by atoms with Gasteiger partial charge >= 0.3 is 0 Å². The summed E-state index contributed by atoms with van der Waals surface area (Å²) in [4.78, 5) is 14.0. The average Bonchev–Trinajstić information content (AvgIpc) is 2.16. The highest BCUT2D eigenvalue weighted by Crippen LogP contribution is 2.20. The Balaban J connectivity index is 3.33. The smallest absolute Gasteiger partial charge is 0.281 e. The van der Waals surface area contributed by atoms with E-state index in [-0.39, 0.29) is 5.56 Å². The molecular formula is C8H5F2N3O. The topological polar surface area (TPSA) is 79.8 Å². The van der Waals surface area contributed by atoms with E-state index in [9.17, 15) is 13.6 Å². The fraction of sp³-hybridized carbons (Fsp3) is 0.125. The van der Waals surface area contributed by atoms with Crippen molar-refractivity contribution in [1.29, 1.82) is 5.26 Å². The van der Waals surface area contributed by atoms with Crippen molar-refractivity contribution in [1.82, 2.24) is 4.98 Å². The molecule has 0 unspecified atom stereocenters. The third-order valence-corrected chi connectivity index (χ3v) is 1.52. The molecule has 2 N–H and O–H groups in total. The number of carbonyl (C=O) groups excluding carboxylic acids is 1. The maximum absolute atomic E-state index is 12.3. The number of hydrogen-bond acceptors (Lipinski definition) is 3. The second-order valence-corrected chi connectivity index (χ2v) is 2.43. The predicted octanol–water partition coefficient (Wildman–Crippen LogP) is 0.990. The molecule has 1 rings (SSSR count). The molecule has 72 valence electrons. The molecule has 1 amide bonds. The SMILES string of the molecule is N#Cc1cnc(C(F)F)c(C(N)=O)c1. The van der Waals surface area contributed by atoms with Gasteiger partial charge in [-0.2, -0.15) is 5.26 Å². The Hall–Kier alpha value is -2.03. The summed E-state index contributed by atoms with van der Waals surface area (Å²) in [6.07, 6.45) is -1.92. The molecule has 6 heteroatoms. The van der Waals surface area contributed by atoms with Crippen molar-refractivity contribution in [3.8, 4) is 6.07 Å². The Morgan fingerprint density at radius 3 is 2.71 bits per heavy atom. The number of amides is 1. The summed E-state index contributed by atoms with van der Waals surface area (Å²) in [6, 6.07) is 2.67. The summed E-state index contributed by atoms with van der Waals surface area (Å²) >= 11 is 0. The van der Waals surface area contributed by atoms with Crippen LogP contribution in [-0.4, -0.2) is 10.9 Å². The van der Waals surface area contributed by atoms with Crippen LogP contribution in [0, 0.1) is 11.3 Å². The minimum atomic E-state index is -2.88. The van der Waals surface area contributed by atoms with Gasteiger partial charge in [-0.05, 0) is 6.07 Å². The molecule has 0 radical (unpaired) electrons. The highest BCUT2D eigenvalue weighted by Gasteiger charge is 2.18. The number of rotatable bonds is 2. The molecule has 1 heterocycles. The van der Waals surface area contributed by atoms with E-state index in [1.54, 1.807) is 6.07 Å². The van der Waals surface area contributed by atoms with Gasteiger partial charge < -0.3 is 5.73 Å². The molecule has 0 spiro atoms. The largest absolute Gasteiger partial charge is 0.366 e. The normalized spacial score (nSPS) is 9.86. The van der Waals surface area contributed by atoms with Crippen LogP contribution in [0.5, 0.6) is 0 Å². The molecule has 0 saturated carbocycles. The van der Waals surface area contributed by atoms with Crippen LogP contribution in [0.1, 0.15) is 28.0 Å². The number of aromatic nitrogens is 1. The lowest BCUT2D eigenvalue weighted by atomic mass is 10.1. The van der Waals surface area contributed by atoms with Gasteiger partial charge in [-0.15, -0.1) is 0 Å². The van der Waals surface area contributed by atoms with Crippen LogP contribution >= 0.6 is 0 Å². The summed E-state index contributed by atoms with van der Waals surface area (Å²) in [6.45, 7) is 0. The molecule has 0 fully saturated rings. The first kappa shape index (κ1) is 10.1. The second-order valence-electron chi connectivity index (χ2n) is 2.43.